The van der Waals surface area contributed by atoms with E-state index in [0.717, 1.165) is 11.1 Å². The predicted molar refractivity (Wildman–Crippen MR) is 98.0 cm³/mol. The van der Waals surface area contributed by atoms with Gasteiger partial charge in [0.2, 0.25) is 12.7 Å². The van der Waals surface area contributed by atoms with Crippen molar-refractivity contribution in [2.45, 2.75) is 6.54 Å². The zero-order valence-electron chi connectivity index (χ0n) is 14.4. The number of para-hydroxylation sites is 1. The fourth-order valence-corrected chi connectivity index (χ4v) is 2.86. The highest BCUT2D eigenvalue weighted by molar-refractivity contribution is 6.32. The van der Waals surface area contributed by atoms with E-state index in [4.69, 9.17) is 30.5 Å². The van der Waals surface area contributed by atoms with E-state index in [0.29, 0.717) is 34.6 Å². The molecule has 0 saturated heterocycles. The van der Waals surface area contributed by atoms with Crippen LogP contribution in [0.4, 0.5) is 0 Å². The number of hydrogen-bond donors (Lipinski definition) is 1. The zero-order valence-corrected chi connectivity index (χ0v) is 15.1. The summed E-state index contributed by atoms with van der Waals surface area (Å²) in [7, 11) is 3.13. The number of benzene rings is 2. The molecule has 7 heteroatoms. The molecular weight excluding hydrogens is 358 g/mol. The Morgan fingerprint density at radius 1 is 1.27 bits per heavy atom. The molecule has 1 N–H and O–H groups in total. The van der Waals surface area contributed by atoms with Crippen molar-refractivity contribution in [3.8, 4) is 23.0 Å². The van der Waals surface area contributed by atoms with Gasteiger partial charge in [0.1, 0.15) is 0 Å². The number of nitrogens with one attached hydrogen (secondary N) is 1. The van der Waals surface area contributed by atoms with Crippen LogP contribution in [-0.2, 0) is 11.3 Å². The van der Waals surface area contributed by atoms with Crippen LogP contribution in [0.5, 0.6) is 23.0 Å². The molecule has 0 unspecified atom stereocenters. The molecule has 1 aliphatic rings. The highest BCUT2D eigenvalue weighted by Gasteiger charge is 2.17. The minimum Gasteiger partial charge on any atom is -0.493 e. The largest absolute Gasteiger partial charge is 0.493 e. The molecule has 2 aromatic rings. The SMILES string of the molecule is COc1cccc(CNC(=O)/C=C/c2cc(Cl)c3c(c2)OCO3)c1OC. The van der Waals surface area contributed by atoms with Gasteiger partial charge in [-0.25, -0.2) is 0 Å². The van der Waals surface area contributed by atoms with Gasteiger partial charge in [0.05, 0.1) is 19.2 Å². The number of methoxy groups -OCH3 is 2. The summed E-state index contributed by atoms with van der Waals surface area (Å²) in [5.74, 6) is 2.06. The quantitative estimate of drug-likeness (QED) is 0.784. The molecule has 0 fully saturated rings. The van der Waals surface area contributed by atoms with Crippen LogP contribution >= 0.6 is 11.6 Å². The topological polar surface area (TPSA) is 66.0 Å². The Labute approximate surface area is 156 Å². The van der Waals surface area contributed by atoms with Gasteiger partial charge in [-0.3, -0.25) is 4.79 Å². The average molecular weight is 376 g/mol. The van der Waals surface area contributed by atoms with E-state index in [-0.39, 0.29) is 12.7 Å². The van der Waals surface area contributed by atoms with Gasteiger partial charge in [-0.2, -0.15) is 0 Å². The Hall–Kier alpha value is -2.86. The molecule has 3 rings (SSSR count). The van der Waals surface area contributed by atoms with Crippen LogP contribution in [0, 0.1) is 0 Å². The van der Waals surface area contributed by atoms with Crippen LogP contribution in [0.15, 0.2) is 36.4 Å². The van der Waals surface area contributed by atoms with Crippen molar-refractivity contribution in [3.63, 3.8) is 0 Å². The zero-order chi connectivity index (χ0) is 18.5. The van der Waals surface area contributed by atoms with Gasteiger partial charge in [-0.15, -0.1) is 0 Å². The van der Waals surface area contributed by atoms with Gasteiger partial charge in [-0.05, 0) is 29.8 Å². The smallest absolute Gasteiger partial charge is 0.244 e. The van der Waals surface area contributed by atoms with Gasteiger partial charge in [-0.1, -0.05) is 23.7 Å². The fourth-order valence-electron chi connectivity index (χ4n) is 2.59. The number of ether oxygens (including phenoxy) is 4. The monoisotopic (exact) mass is 375 g/mol. The van der Waals surface area contributed by atoms with Crippen molar-refractivity contribution in [1.29, 1.82) is 0 Å². The van der Waals surface area contributed by atoms with Crippen LogP contribution in [0.3, 0.4) is 0 Å². The summed E-state index contributed by atoms with van der Waals surface area (Å²) >= 11 is 6.13. The van der Waals surface area contributed by atoms with Crippen LogP contribution < -0.4 is 24.3 Å². The second-order valence-corrected chi connectivity index (χ2v) is 5.85. The molecule has 0 spiro atoms. The van der Waals surface area contributed by atoms with Crippen LogP contribution in [-0.4, -0.2) is 26.9 Å². The third kappa shape index (κ3) is 3.86. The van der Waals surface area contributed by atoms with Gasteiger partial charge < -0.3 is 24.3 Å². The van der Waals surface area contributed by atoms with Gasteiger partial charge in [0.25, 0.3) is 0 Å². The summed E-state index contributed by atoms with van der Waals surface area (Å²) in [6.07, 6.45) is 3.09. The van der Waals surface area contributed by atoms with Crippen LogP contribution in [0.1, 0.15) is 11.1 Å². The molecule has 0 aromatic heterocycles. The molecule has 136 valence electrons. The van der Waals surface area contributed by atoms with Crippen molar-refractivity contribution in [3.05, 3.63) is 52.6 Å². The van der Waals surface area contributed by atoms with Crippen LogP contribution in [0.25, 0.3) is 6.08 Å². The normalized spacial score (nSPS) is 12.3. The molecule has 0 saturated carbocycles. The van der Waals surface area contributed by atoms with Crippen molar-refractivity contribution in [2.24, 2.45) is 0 Å². The first-order chi connectivity index (χ1) is 12.6. The first-order valence-electron chi connectivity index (χ1n) is 7.87. The molecule has 1 amide bonds. The molecule has 0 aliphatic carbocycles. The first kappa shape index (κ1) is 17.9. The lowest BCUT2D eigenvalue weighted by Crippen LogP contribution is -2.20. The minimum absolute atomic E-state index is 0.144. The van der Waals surface area contributed by atoms with Gasteiger partial charge >= 0.3 is 0 Å². The molecule has 26 heavy (non-hydrogen) atoms. The lowest BCUT2D eigenvalue weighted by Gasteiger charge is -2.12. The average Bonchev–Trinajstić information content (AvgIpc) is 3.13. The van der Waals surface area contributed by atoms with E-state index < -0.39 is 0 Å². The second kappa shape index (κ2) is 8.01. The summed E-state index contributed by atoms with van der Waals surface area (Å²) in [5.41, 5.74) is 1.56. The Bertz CT molecular complexity index is 850. The summed E-state index contributed by atoms with van der Waals surface area (Å²) in [6, 6.07) is 8.98. The first-order valence-corrected chi connectivity index (χ1v) is 8.25. The number of fused-ring (bicyclic) bond motifs is 1. The Balaban J connectivity index is 1.65. The lowest BCUT2D eigenvalue weighted by atomic mass is 10.1. The maximum absolute atomic E-state index is 12.1. The number of carbonyl (C=O) groups excluding carboxylic acids is 1. The van der Waals surface area contributed by atoms with Crippen molar-refractivity contribution >= 4 is 23.6 Å². The standard InChI is InChI=1S/C19H18ClNO5/c1-23-15-5-3-4-13(18(15)24-2)10-21-17(22)7-6-12-8-14(20)19-16(9-12)25-11-26-19/h3-9H,10-11H2,1-2H3,(H,21,22)/b7-6+. The fraction of sp³-hybridized carbons (Fsp3) is 0.211. The molecule has 0 radical (unpaired) electrons. The number of halogens is 1. The number of amides is 1. The summed E-state index contributed by atoms with van der Waals surface area (Å²) in [5, 5.41) is 3.26. The third-order valence-corrected chi connectivity index (χ3v) is 4.10. The number of hydrogen-bond acceptors (Lipinski definition) is 5. The minimum atomic E-state index is -0.247. The van der Waals surface area contributed by atoms with Crippen molar-refractivity contribution < 1.29 is 23.7 Å². The molecule has 6 nitrogen and oxygen atoms in total. The highest BCUT2D eigenvalue weighted by Crippen LogP contribution is 2.40. The molecule has 0 atom stereocenters. The molecule has 2 aromatic carbocycles. The Morgan fingerprint density at radius 2 is 2.12 bits per heavy atom. The summed E-state index contributed by atoms with van der Waals surface area (Å²) < 4.78 is 21.2. The van der Waals surface area contributed by atoms with E-state index in [1.54, 1.807) is 38.5 Å². The Kier molecular flexibility index (Phi) is 5.53. The highest BCUT2D eigenvalue weighted by atomic mass is 35.5. The van der Waals surface area contributed by atoms with Crippen LogP contribution in [0.2, 0.25) is 5.02 Å². The van der Waals surface area contributed by atoms with Crippen molar-refractivity contribution in [1.82, 2.24) is 5.32 Å². The number of rotatable bonds is 6. The molecule has 1 aliphatic heterocycles. The Morgan fingerprint density at radius 3 is 2.88 bits per heavy atom. The molecular formula is C19H18ClNO5. The maximum atomic E-state index is 12.1. The predicted octanol–water partition coefficient (Wildman–Crippen LogP) is 3.42. The van der Waals surface area contributed by atoms with E-state index >= 15 is 0 Å². The maximum Gasteiger partial charge on any atom is 0.244 e. The van der Waals surface area contributed by atoms with E-state index in [2.05, 4.69) is 5.32 Å². The summed E-state index contributed by atoms with van der Waals surface area (Å²) in [6.45, 7) is 0.455. The van der Waals surface area contributed by atoms with Gasteiger partial charge in [0, 0.05) is 18.2 Å². The van der Waals surface area contributed by atoms with E-state index in [1.165, 1.54) is 6.08 Å². The summed E-state index contributed by atoms with van der Waals surface area (Å²) in [4.78, 5) is 12.1. The third-order valence-electron chi connectivity index (χ3n) is 3.81. The molecule has 1 heterocycles. The lowest BCUT2D eigenvalue weighted by molar-refractivity contribution is -0.116. The molecule has 0 bridgehead atoms. The van der Waals surface area contributed by atoms with Gasteiger partial charge in [0.15, 0.2) is 23.0 Å². The van der Waals surface area contributed by atoms with Crippen molar-refractivity contribution in [2.75, 3.05) is 21.0 Å². The van der Waals surface area contributed by atoms with E-state index in [9.17, 15) is 4.79 Å². The van der Waals surface area contributed by atoms with E-state index in [1.807, 2.05) is 12.1 Å². The second-order valence-electron chi connectivity index (χ2n) is 5.44. The number of carbonyl (C=O) groups is 1.